The molecule has 0 fully saturated rings. The van der Waals surface area contributed by atoms with Gasteiger partial charge in [-0.1, -0.05) is 18.2 Å². The van der Waals surface area contributed by atoms with Crippen molar-refractivity contribution >= 4 is 10.9 Å². The van der Waals surface area contributed by atoms with Gasteiger partial charge in [-0.15, -0.1) is 0 Å². The summed E-state index contributed by atoms with van der Waals surface area (Å²) in [5.41, 5.74) is 2.19. The van der Waals surface area contributed by atoms with Gasteiger partial charge in [-0.25, -0.2) is 0 Å². The number of hydrogen-bond donors (Lipinski definition) is 0. The molecule has 0 N–H and O–H groups in total. The van der Waals surface area contributed by atoms with Gasteiger partial charge in [0.25, 0.3) is 0 Å². The fourth-order valence-corrected chi connectivity index (χ4v) is 1.37. The molecule has 1 aromatic heterocycles. The summed E-state index contributed by atoms with van der Waals surface area (Å²) in [5, 5.41) is 1.17. The number of aromatic nitrogens is 1. The molecule has 2 aromatic rings. The van der Waals surface area contributed by atoms with Crippen molar-refractivity contribution in [3.8, 4) is 0 Å². The van der Waals surface area contributed by atoms with Gasteiger partial charge in [0.1, 0.15) is 0 Å². The van der Waals surface area contributed by atoms with Crippen LogP contribution in [0, 0.1) is 0 Å². The number of rotatable bonds is 2. The highest BCUT2D eigenvalue weighted by Crippen LogP contribution is 2.13. The summed E-state index contributed by atoms with van der Waals surface area (Å²) in [7, 11) is 1.70. The maximum Gasteiger partial charge on any atom is 0.0713 e. The molecule has 0 spiro atoms. The molecule has 1 aromatic carbocycles. The van der Waals surface area contributed by atoms with Crippen molar-refractivity contribution in [3.63, 3.8) is 0 Å². The van der Waals surface area contributed by atoms with Crippen molar-refractivity contribution in [2.45, 2.75) is 6.61 Å². The molecule has 0 aliphatic carbocycles. The monoisotopic (exact) mass is 173 g/mol. The third-order valence-electron chi connectivity index (χ3n) is 1.98. The molecule has 66 valence electrons. The smallest absolute Gasteiger partial charge is 0.0713 e. The second kappa shape index (κ2) is 3.54. The lowest BCUT2D eigenvalue weighted by atomic mass is 10.1. The number of fused-ring (bicyclic) bond motifs is 1. The Labute approximate surface area is 77.2 Å². The quantitative estimate of drug-likeness (QED) is 0.695. The van der Waals surface area contributed by atoms with Gasteiger partial charge < -0.3 is 4.74 Å². The summed E-state index contributed by atoms with van der Waals surface area (Å²) < 4.78 is 5.05. The highest BCUT2D eigenvalue weighted by atomic mass is 16.5. The first kappa shape index (κ1) is 8.20. The zero-order chi connectivity index (χ0) is 9.10. The Balaban J connectivity index is 2.49. The maximum atomic E-state index is 5.05. The van der Waals surface area contributed by atoms with Crippen molar-refractivity contribution in [1.82, 2.24) is 4.98 Å². The fraction of sp³-hybridized carbons (Fsp3) is 0.182. The Morgan fingerprint density at radius 2 is 2.23 bits per heavy atom. The second-order valence-electron chi connectivity index (χ2n) is 2.96. The van der Waals surface area contributed by atoms with E-state index >= 15 is 0 Å². The number of methoxy groups -OCH3 is 1. The summed E-state index contributed by atoms with van der Waals surface area (Å²) in [4.78, 5) is 4.27. The van der Waals surface area contributed by atoms with E-state index in [1.807, 2.05) is 6.07 Å². The number of nitrogens with zero attached hydrogens (tertiary/aromatic N) is 1. The van der Waals surface area contributed by atoms with Crippen molar-refractivity contribution in [2.75, 3.05) is 7.11 Å². The molecule has 0 radical (unpaired) electrons. The minimum Gasteiger partial charge on any atom is -0.380 e. The van der Waals surface area contributed by atoms with Crippen LogP contribution in [0.15, 0.2) is 36.5 Å². The summed E-state index contributed by atoms with van der Waals surface area (Å²) in [6.07, 6.45) is 1.80. The molecule has 2 rings (SSSR count). The topological polar surface area (TPSA) is 22.1 Å². The molecule has 0 bridgehead atoms. The molecule has 0 atom stereocenters. The first-order chi connectivity index (χ1) is 6.40. The number of benzene rings is 1. The van der Waals surface area contributed by atoms with Crippen molar-refractivity contribution in [2.24, 2.45) is 0 Å². The van der Waals surface area contributed by atoms with Gasteiger partial charge in [-0.2, -0.15) is 0 Å². The molecule has 0 aliphatic heterocycles. The lowest BCUT2D eigenvalue weighted by molar-refractivity contribution is 0.185. The zero-order valence-corrected chi connectivity index (χ0v) is 7.53. The van der Waals surface area contributed by atoms with Crippen LogP contribution < -0.4 is 0 Å². The predicted octanol–water partition coefficient (Wildman–Crippen LogP) is 2.38. The summed E-state index contributed by atoms with van der Waals surface area (Å²) in [5.74, 6) is 0. The Morgan fingerprint density at radius 3 is 3.08 bits per heavy atom. The van der Waals surface area contributed by atoms with Crippen molar-refractivity contribution < 1.29 is 4.74 Å². The van der Waals surface area contributed by atoms with E-state index in [-0.39, 0.29) is 0 Å². The van der Waals surface area contributed by atoms with Crippen LogP contribution in [-0.2, 0) is 11.3 Å². The van der Waals surface area contributed by atoms with Crippen LogP contribution in [0.1, 0.15) is 5.56 Å². The summed E-state index contributed by atoms with van der Waals surface area (Å²) >= 11 is 0. The van der Waals surface area contributed by atoms with Crippen LogP contribution in [0.5, 0.6) is 0 Å². The first-order valence-electron chi connectivity index (χ1n) is 4.23. The Morgan fingerprint density at radius 1 is 1.31 bits per heavy atom. The Bertz CT molecular complexity index is 412. The van der Waals surface area contributed by atoms with Gasteiger partial charge in [-0.3, -0.25) is 4.98 Å². The number of ether oxygens (including phenoxy) is 1. The average Bonchev–Trinajstić information content (AvgIpc) is 2.18. The van der Waals surface area contributed by atoms with Gasteiger partial charge in [-0.05, 0) is 17.7 Å². The normalized spacial score (nSPS) is 10.5. The van der Waals surface area contributed by atoms with Crippen LogP contribution in [0.25, 0.3) is 10.9 Å². The highest BCUT2D eigenvalue weighted by Gasteiger charge is 1.95. The molecular formula is C11H11NO. The van der Waals surface area contributed by atoms with E-state index in [1.165, 1.54) is 5.39 Å². The maximum absolute atomic E-state index is 5.05. The van der Waals surface area contributed by atoms with Gasteiger partial charge in [0.05, 0.1) is 12.1 Å². The average molecular weight is 173 g/mol. The van der Waals surface area contributed by atoms with Crippen LogP contribution >= 0.6 is 0 Å². The van der Waals surface area contributed by atoms with E-state index in [2.05, 4.69) is 29.2 Å². The standard InChI is InChI=1S/C11H11NO/c1-13-8-9-4-5-10-3-2-6-12-11(10)7-9/h2-7H,8H2,1H3. The summed E-state index contributed by atoms with van der Waals surface area (Å²) in [6.45, 7) is 0.645. The third kappa shape index (κ3) is 1.68. The molecule has 0 saturated carbocycles. The molecule has 1 heterocycles. The lowest BCUT2D eigenvalue weighted by Gasteiger charge is -2.00. The molecule has 0 aliphatic rings. The summed E-state index contributed by atoms with van der Waals surface area (Å²) in [6, 6.07) is 10.2. The number of pyridine rings is 1. The third-order valence-corrected chi connectivity index (χ3v) is 1.98. The van der Waals surface area contributed by atoms with Crippen LogP contribution in [-0.4, -0.2) is 12.1 Å². The lowest BCUT2D eigenvalue weighted by Crippen LogP contribution is -1.87. The van der Waals surface area contributed by atoms with Crippen molar-refractivity contribution in [1.29, 1.82) is 0 Å². The van der Waals surface area contributed by atoms with Gasteiger partial charge >= 0.3 is 0 Å². The van der Waals surface area contributed by atoms with Gasteiger partial charge in [0.15, 0.2) is 0 Å². The molecule has 0 saturated heterocycles. The second-order valence-corrected chi connectivity index (χ2v) is 2.96. The Hall–Kier alpha value is -1.41. The molecule has 0 amide bonds. The predicted molar refractivity (Wildman–Crippen MR) is 52.5 cm³/mol. The molecular weight excluding hydrogens is 162 g/mol. The number of hydrogen-bond acceptors (Lipinski definition) is 2. The van der Waals surface area contributed by atoms with E-state index in [9.17, 15) is 0 Å². The highest BCUT2D eigenvalue weighted by molar-refractivity contribution is 5.78. The minimum absolute atomic E-state index is 0.645. The van der Waals surface area contributed by atoms with Gasteiger partial charge in [0.2, 0.25) is 0 Å². The Kier molecular flexibility index (Phi) is 2.23. The van der Waals surface area contributed by atoms with E-state index < -0.39 is 0 Å². The van der Waals surface area contributed by atoms with Crippen molar-refractivity contribution in [3.05, 3.63) is 42.1 Å². The van der Waals surface area contributed by atoms with E-state index in [0.717, 1.165) is 11.1 Å². The SMILES string of the molecule is COCc1ccc2cccnc2c1. The van der Waals surface area contributed by atoms with Gasteiger partial charge in [0, 0.05) is 18.7 Å². The van der Waals surface area contributed by atoms with E-state index in [1.54, 1.807) is 13.3 Å². The molecule has 0 unspecified atom stereocenters. The van der Waals surface area contributed by atoms with Crippen LogP contribution in [0.3, 0.4) is 0 Å². The van der Waals surface area contributed by atoms with Crippen LogP contribution in [0.2, 0.25) is 0 Å². The first-order valence-corrected chi connectivity index (χ1v) is 4.23. The molecule has 2 heteroatoms. The van der Waals surface area contributed by atoms with E-state index in [4.69, 9.17) is 4.74 Å². The van der Waals surface area contributed by atoms with E-state index in [0.29, 0.717) is 6.61 Å². The largest absolute Gasteiger partial charge is 0.380 e. The molecule has 2 nitrogen and oxygen atoms in total. The minimum atomic E-state index is 0.645. The van der Waals surface area contributed by atoms with Crippen LogP contribution in [0.4, 0.5) is 0 Å². The molecule has 13 heavy (non-hydrogen) atoms. The fourth-order valence-electron chi connectivity index (χ4n) is 1.37. The zero-order valence-electron chi connectivity index (χ0n) is 7.53.